The van der Waals surface area contributed by atoms with Gasteiger partial charge in [0, 0.05) is 89.3 Å². The van der Waals surface area contributed by atoms with Crippen LogP contribution in [-0.2, 0) is 42.8 Å². The highest BCUT2D eigenvalue weighted by Crippen LogP contribution is 2.42. The maximum absolute atomic E-state index is 14.7. The number of nitrogens with zero attached hydrogens (tertiary/aromatic N) is 8. The number of esters is 1. The number of nitriles is 1. The number of likely N-dealkylation sites (N-methyl/N-ethyl adjacent to an activating group) is 4. The second-order valence-corrected chi connectivity index (χ2v) is 26.9. The Morgan fingerprint density at radius 2 is 1.65 bits per heavy atom. The first-order valence-corrected chi connectivity index (χ1v) is 31.8. The SMILES string of the molecule is CC[C@H]1OC(=O)[C@H](C)[C@@H](O[C@H]2C[C@@](C)(OC)[C@@H](O)[C@H](C)O2)[C@H](C)[C@@H](O[C@@H]2O[C@H](C)CC(O)C2N(C)CCN(C)C(=O)CN(C)C(=O)/C(C#N)=C/c2ccc(-c3nc4cnc5[nH]ccc5c4n3C3CCCCC3)o2)[C@](C)(O)C[C@@H](C)CN(C)[C@H](C)[C@@H](O)[C@]1(C)O. The number of ether oxygens (including phenoxy) is 6. The van der Waals surface area contributed by atoms with E-state index in [1.165, 1.54) is 43.4 Å². The van der Waals surface area contributed by atoms with Crippen molar-refractivity contribution >= 4 is 45.9 Å². The third-order valence-electron chi connectivity index (χ3n) is 19.6. The summed E-state index contributed by atoms with van der Waals surface area (Å²) in [6.45, 7) is 17.6. The molecule has 4 fully saturated rings. The first kappa shape index (κ1) is 69.5. The number of hydrogen-bond acceptors (Lipinski definition) is 20. The van der Waals surface area contributed by atoms with E-state index in [1.54, 1.807) is 80.9 Å². The molecule has 0 bridgehead atoms. The fraction of sp³-hybridized carbons (Fsp3) is 0.723. The predicted molar refractivity (Wildman–Crippen MR) is 331 cm³/mol. The van der Waals surface area contributed by atoms with Gasteiger partial charge in [-0.15, -0.1) is 0 Å². The average molecular weight is 1250 g/mol. The second-order valence-electron chi connectivity index (χ2n) is 26.9. The maximum Gasteiger partial charge on any atom is 0.311 e. The van der Waals surface area contributed by atoms with E-state index in [-0.39, 0.29) is 68.6 Å². The molecule has 1 saturated carbocycles. The van der Waals surface area contributed by atoms with Crippen molar-refractivity contribution in [1.82, 2.24) is 39.1 Å². The third kappa shape index (κ3) is 15.1. The van der Waals surface area contributed by atoms with Crippen LogP contribution < -0.4 is 0 Å². The number of aliphatic hydroxyl groups excluding tert-OH is 3. The summed E-state index contributed by atoms with van der Waals surface area (Å²) in [6.07, 6.45) is 0.509. The summed E-state index contributed by atoms with van der Waals surface area (Å²) in [5.74, 6) is -2.75. The van der Waals surface area contributed by atoms with E-state index < -0.39 is 120 Å². The summed E-state index contributed by atoms with van der Waals surface area (Å²) in [6, 6.07) is 6.17. The zero-order valence-electron chi connectivity index (χ0n) is 54.8. The second kappa shape index (κ2) is 28.6. The van der Waals surface area contributed by atoms with Gasteiger partial charge in [-0.25, -0.2) is 9.97 Å². The number of nitrogens with one attached hydrogen (secondary N) is 1. The maximum atomic E-state index is 14.7. The van der Waals surface area contributed by atoms with E-state index >= 15 is 0 Å². The van der Waals surface area contributed by atoms with Crippen molar-refractivity contribution in [2.24, 2.45) is 17.8 Å². The number of pyridine rings is 1. The molecule has 3 saturated heterocycles. The third-order valence-corrected chi connectivity index (χ3v) is 19.6. The number of furan rings is 1. The largest absolute Gasteiger partial charge is 0.459 e. The molecule has 2 unspecified atom stereocenters. The molecule has 4 aliphatic rings. The van der Waals surface area contributed by atoms with Gasteiger partial charge in [-0.3, -0.25) is 19.3 Å². The number of rotatable bonds is 16. The van der Waals surface area contributed by atoms with Gasteiger partial charge < -0.3 is 82.6 Å². The lowest BCUT2D eigenvalue weighted by atomic mass is 9.77. The van der Waals surface area contributed by atoms with Crippen LogP contribution in [-0.4, -0.2) is 234 Å². The quantitative estimate of drug-likeness (QED) is 0.0440. The molecule has 1 aliphatic carbocycles. The van der Waals surface area contributed by atoms with Gasteiger partial charge in [-0.05, 0) is 112 Å². The zero-order valence-corrected chi connectivity index (χ0v) is 54.8. The van der Waals surface area contributed by atoms with Crippen molar-refractivity contribution in [3.8, 4) is 17.7 Å². The molecule has 89 heavy (non-hydrogen) atoms. The number of fused-ring (bicyclic) bond motifs is 3. The molecular weight excluding hydrogens is 1150 g/mol. The van der Waals surface area contributed by atoms with E-state index in [9.17, 15) is 45.2 Å². The van der Waals surface area contributed by atoms with E-state index in [0.29, 0.717) is 18.1 Å². The number of amides is 2. The Morgan fingerprint density at radius 1 is 0.944 bits per heavy atom. The first-order chi connectivity index (χ1) is 41.9. The standard InChI is InChI=1S/C65H99N9O15/c1-16-49-65(10,82)55(77)40(6)72(13)34-36(2)30-63(8,81)57(38(4)54(39(5)61(80)87-49)88-51-31-64(9,83-15)56(78)41(7)85-51)89-62-53(47(75)28-37(3)84-62)71(12)27-26-70(11)50(76)35-73(14)60(79)42(32-66)29-44-22-23-48(86-44)59-69-46-33-68-58-45(24-25-67-58)52(46)74(59)43-20-18-17-19-21-43/h22-25,29,33,36-41,43,47,49,51,53-57,62,75,77-78,81-82H,16-21,26-28,30-31,34-35H2,1-15H3,(H,67,68)/b42-29+/t36-,37-,38+,39-,40-,41+,47?,49-,51+,53?,54+,55-,56+,57-,62+,63-,64-,65-/m1/s1. The summed E-state index contributed by atoms with van der Waals surface area (Å²) in [7, 11) is 8.11. The van der Waals surface area contributed by atoms with Gasteiger partial charge in [0.1, 0.15) is 52.5 Å². The Hall–Kier alpha value is -5.40. The van der Waals surface area contributed by atoms with Gasteiger partial charge >= 0.3 is 5.97 Å². The molecule has 4 aromatic heterocycles. The van der Waals surface area contributed by atoms with E-state index in [1.807, 2.05) is 49.0 Å². The summed E-state index contributed by atoms with van der Waals surface area (Å²) < 4.78 is 47.4. The summed E-state index contributed by atoms with van der Waals surface area (Å²) in [4.78, 5) is 61.6. The fourth-order valence-electron chi connectivity index (χ4n) is 14.2. The van der Waals surface area contributed by atoms with Crippen LogP contribution in [0.4, 0.5) is 0 Å². The number of cyclic esters (lactones) is 1. The number of carbonyl (C=O) groups excluding carboxylic acids is 3. The van der Waals surface area contributed by atoms with Gasteiger partial charge in [-0.1, -0.05) is 40.0 Å². The Labute approximate surface area is 523 Å². The summed E-state index contributed by atoms with van der Waals surface area (Å²) in [5.41, 5.74) is -2.47. The van der Waals surface area contributed by atoms with Crippen molar-refractivity contribution in [1.29, 1.82) is 5.26 Å². The van der Waals surface area contributed by atoms with E-state index in [2.05, 4.69) is 14.5 Å². The molecule has 24 nitrogen and oxygen atoms in total. The van der Waals surface area contributed by atoms with Crippen molar-refractivity contribution < 1.29 is 72.8 Å². The molecule has 18 atom stereocenters. The minimum Gasteiger partial charge on any atom is -0.459 e. The Kier molecular flexibility index (Phi) is 22.4. The van der Waals surface area contributed by atoms with Crippen LogP contribution in [0.2, 0.25) is 0 Å². The number of methoxy groups -OCH3 is 1. The molecule has 2 amide bonds. The van der Waals surface area contributed by atoms with Crippen LogP contribution in [0.25, 0.3) is 39.7 Å². The number of H-pyrrole nitrogens is 1. The molecule has 4 aromatic rings. The Balaban J connectivity index is 0.999. The van der Waals surface area contributed by atoms with Gasteiger partial charge in [0.2, 0.25) is 5.91 Å². The van der Waals surface area contributed by atoms with Crippen molar-refractivity contribution in [3.63, 3.8) is 0 Å². The van der Waals surface area contributed by atoms with Crippen LogP contribution in [0.5, 0.6) is 0 Å². The molecule has 24 heteroatoms. The Morgan fingerprint density at radius 3 is 2.33 bits per heavy atom. The van der Waals surface area contributed by atoms with Crippen molar-refractivity contribution in [2.75, 3.05) is 61.5 Å². The molecule has 8 rings (SSSR count). The first-order valence-electron chi connectivity index (χ1n) is 31.8. The van der Waals surface area contributed by atoms with Gasteiger partial charge in [0.25, 0.3) is 5.91 Å². The minimum atomic E-state index is -1.88. The fourth-order valence-corrected chi connectivity index (χ4v) is 14.2. The smallest absolute Gasteiger partial charge is 0.311 e. The minimum absolute atomic E-state index is 0.0575. The molecule has 7 heterocycles. The number of carbonyl (C=O) groups is 3. The molecular formula is C65H99N9O15. The van der Waals surface area contributed by atoms with Crippen LogP contribution >= 0.6 is 0 Å². The molecule has 494 valence electrons. The highest BCUT2D eigenvalue weighted by Gasteiger charge is 2.53. The number of imidazole rings is 1. The van der Waals surface area contributed by atoms with Gasteiger partial charge in [0.15, 0.2) is 24.2 Å². The molecule has 0 spiro atoms. The number of aromatic nitrogens is 4. The van der Waals surface area contributed by atoms with Crippen LogP contribution in [0.3, 0.4) is 0 Å². The molecule has 0 radical (unpaired) electrons. The lowest BCUT2D eigenvalue weighted by Crippen LogP contribution is -2.62. The highest BCUT2D eigenvalue weighted by atomic mass is 16.7. The molecule has 3 aliphatic heterocycles. The van der Waals surface area contributed by atoms with E-state index in [0.717, 1.165) is 47.8 Å². The molecule has 0 aromatic carbocycles. The number of aromatic amines is 1. The van der Waals surface area contributed by atoms with Crippen LogP contribution in [0.15, 0.2) is 40.6 Å². The number of aliphatic hydroxyl groups is 5. The lowest BCUT2D eigenvalue weighted by Gasteiger charge is -2.49. The summed E-state index contributed by atoms with van der Waals surface area (Å²) in [5, 5.41) is 71.2. The predicted octanol–water partition coefficient (Wildman–Crippen LogP) is 5.79. The lowest BCUT2D eigenvalue weighted by molar-refractivity contribution is -0.315. The topological polar surface area (TPSA) is 304 Å². The normalized spacial score (nSPS) is 35.3. The van der Waals surface area contributed by atoms with Crippen LogP contribution in [0, 0.1) is 29.1 Å². The van der Waals surface area contributed by atoms with E-state index in [4.69, 9.17) is 37.8 Å². The van der Waals surface area contributed by atoms with Crippen molar-refractivity contribution in [3.05, 3.63) is 41.9 Å². The zero-order chi connectivity index (χ0) is 65.2. The monoisotopic (exact) mass is 1250 g/mol. The highest BCUT2D eigenvalue weighted by molar-refractivity contribution is 6.03. The molecule has 6 N–H and O–H groups in total. The van der Waals surface area contributed by atoms with Gasteiger partial charge in [0.05, 0.1) is 71.9 Å². The summed E-state index contributed by atoms with van der Waals surface area (Å²) >= 11 is 0. The van der Waals surface area contributed by atoms with Gasteiger partial charge in [-0.2, -0.15) is 5.26 Å². The van der Waals surface area contributed by atoms with Crippen LogP contribution in [0.1, 0.15) is 139 Å². The Bertz CT molecular complexity index is 3130. The number of hydrogen-bond donors (Lipinski definition) is 6. The van der Waals surface area contributed by atoms with Crippen molar-refractivity contribution in [2.45, 2.75) is 223 Å². The average Bonchev–Trinajstić information content (AvgIpc) is 1.70.